The lowest BCUT2D eigenvalue weighted by molar-refractivity contribution is 1.41. The molecule has 0 bridgehead atoms. The van der Waals surface area contributed by atoms with Crippen LogP contribution in [-0.4, -0.2) is 11.4 Å². The van der Waals surface area contributed by atoms with E-state index in [1.54, 1.807) is 12.1 Å². The predicted octanol–water partition coefficient (Wildman–Crippen LogP) is 2.07. The molecule has 1 rings (SSSR count). The molecule has 14 heavy (non-hydrogen) atoms. The van der Waals surface area contributed by atoms with Crippen LogP contribution >= 0.6 is 23.2 Å². The minimum absolute atomic E-state index is 0.180. The zero-order valence-corrected chi connectivity index (χ0v) is 8.16. The smallest absolute Gasteiger partial charge is 0.103 e. The number of nitrogens with zero attached hydrogens (tertiary/aromatic N) is 2. The van der Waals surface area contributed by atoms with Crippen LogP contribution in [0.5, 0.6) is 0 Å². The van der Waals surface area contributed by atoms with Gasteiger partial charge in [0.25, 0.3) is 0 Å². The van der Waals surface area contributed by atoms with Gasteiger partial charge in [0.2, 0.25) is 0 Å². The Morgan fingerprint density at radius 2 is 1.14 bits per heavy atom. The fraction of sp³-hybridized carbons (Fsp3) is 0. The number of hydrogen-bond donors (Lipinski definition) is 2. The normalized spacial score (nSPS) is 16.9. The molecule has 0 aromatic carbocycles. The van der Waals surface area contributed by atoms with Gasteiger partial charge < -0.3 is 0 Å². The molecule has 0 amide bonds. The van der Waals surface area contributed by atoms with E-state index in [-0.39, 0.29) is 32.6 Å². The minimum atomic E-state index is -0.313. The molecule has 0 aromatic heterocycles. The molecule has 1 aliphatic rings. The van der Waals surface area contributed by atoms with E-state index in [0.717, 1.165) is 0 Å². The van der Waals surface area contributed by atoms with Gasteiger partial charge in [-0.15, -0.1) is 0 Å². The summed E-state index contributed by atoms with van der Waals surface area (Å²) in [4.78, 5) is 0. The third kappa shape index (κ3) is 1.31. The lowest BCUT2D eigenvalue weighted by Crippen LogP contribution is -2.17. The number of allylic oxidation sites excluding steroid dienone is 4. The number of halogens is 2. The van der Waals surface area contributed by atoms with Crippen LogP contribution in [-0.2, 0) is 0 Å². The maximum atomic E-state index is 8.63. The molecular weight excluding hydrogens is 223 g/mol. The highest BCUT2D eigenvalue weighted by Gasteiger charge is 2.28. The molecule has 4 nitrogen and oxygen atoms in total. The van der Waals surface area contributed by atoms with E-state index in [1.165, 1.54) is 0 Å². The number of hydrogen-bond acceptors (Lipinski definition) is 4. The maximum Gasteiger partial charge on any atom is 0.103 e. The molecule has 0 heterocycles. The Kier molecular flexibility index (Phi) is 2.71. The van der Waals surface area contributed by atoms with E-state index in [9.17, 15) is 0 Å². The van der Waals surface area contributed by atoms with Crippen molar-refractivity contribution < 1.29 is 0 Å². The van der Waals surface area contributed by atoms with Gasteiger partial charge in [-0.25, -0.2) is 0 Å². The van der Waals surface area contributed by atoms with Crippen LogP contribution in [0.2, 0.25) is 0 Å². The van der Waals surface area contributed by atoms with Crippen LogP contribution < -0.4 is 0 Å². The van der Waals surface area contributed by atoms with Crippen LogP contribution in [0.25, 0.3) is 0 Å². The molecule has 0 spiro atoms. The molecule has 0 atom stereocenters. The first-order chi connectivity index (χ1) is 6.54. The molecule has 0 aliphatic heterocycles. The SMILES string of the molecule is N#CC1=C(Cl)C(=N)C(C#N)=C(Cl)C1=N. The molecule has 0 saturated carbocycles. The van der Waals surface area contributed by atoms with Crippen LogP contribution in [0.4, 0.5) is 0 Å². The Balaban J connectivity index is 3.47. The van der Waals surface area contributed by atoms with Crippen molar-refractivity contribution in [1.29, 1.82) is 21.3 Å². The average molecular weight is 225 g/mol. The maximum absolute atomic E-state index is 8.63. The molecule has 2 N–H and O–H groups in total. The summed E-state index contributed by atoms with van der Waals surface area (Å²) in [6, 6.07) is 3.33. The Labute approximate surface area is 89.7 Å². The zero-order valence-electron chi connectivity index (χ0n) is 6.65. The Bertz CT molecular complexity index is 438. The monoisotopic (exact) mass is 224 g/mol. The van der Waals surface area contributed by atoms with Gasteiger partial charge >= 0.3 is 0 Å². The molecule has 0 radical (unpaired) electrons. The second-order valence-corrected chi connectivity index (χ2v) is 3.11. The quantitative estimate of drug-likeness (QED) is 0.617. The molecule has 6 heteroatoms. The topological polar surface area (TPSA) is 95.3 Å². The van der Waals surface area contributed by atoms with Crippen molar-refractivity contribution in [3.63, 3.8) is 0 Å². The van der Waals surface area contributed by atoms with Gasteiger partial charge in [0.15, 0.2) is 0 Å². The summed E-state index contributed by atoms with van der Waals surface area (Å²) in [6.45, 7) is 0. The fourth-order valence-electron chi connectivity index (χ4n) is 0.899. The van der Waals surface area contributed by atoms with Gasteiger partial charge in [-0.3, -0.25) is 10.8 Å². The van der Waals surface area contributed by atoms with Crippen molar-refractivity contribution >= 4 is 34.6 Å². The third-order valence-corrected chi connectivity index (χ3v) is 2.36. The van der Waals surface area contributed by atoms with Crippen molar-refractivity contribution in [2.24, 2.45) is 0 Å². The molecule has 0 saturated heterocycles. The second kappa shape index (κ2) is 3.63. The first-order valence-electron chi connectivity index (χ1n) is 3.33. The van der Waals surface area contributed by atoms with E-state index < -0.39 is 0 Å². The standard InChI is InChI=1S/C8H2Cl2N4/c9-5-3(1-11)7(13)6(10)4(2-12)8(5)14/h13-14H. The Morgan fingerprint density at radius 1 is 0.857 bits per heavy atom. The second-order valence-electron chi connectivity index (χ2n) is 2.35. The average Bonchev–Trinajstić information content (AvgIpc) is 2.17. The van der Waals surface area contributed by atoms with E-state index in [2.05, 4.69) is 0 Å². The van der Waals surface area contributed by atoms with E-state index in [4.69, 9.17) is 44.5 Å². The van der Waals surface area contributed by atoms with Gasteiger partial charge in [-0.2, -0.15) is 10.5 Å². The summed E-state index contributed by atoms with van der Waals surface area (Å²) in [5.41, 5.74) is -0.986. The molecule has 0 fully saturated rings. The summed E-state index contributed by atoms with van der Waals surface area (Å²) in [7, 11) is 0. The molecule has 1 aliphatic carbocycles. The van der Waals surface area contributed by atoms with Gasteiger partial charge in [0, 0.05) is 0 Å². The van der Waals surface area contributed by atoms with Gasteiger partial charge in [-0.1, -0.05) is 23.2 Å². The lowest BCUT2D eigenvalue weighted by atomic mass is 9.97. The van der Waals surface area contributed by atoms with E-state index in [1.807, 2.05) is 0 Å². The van der Waals surface area contributed by atoms with E-state index >= 15 is 0 Å². The van der Waals surface area contributed by atoms with Gasteiger partial charge in [0.05, 0.1) is 32.6 Å². The third-order valence-electron chi connectivity index (χ3n) is 1.60. The fourth-order valence-corrected chi connectivity index (χ4v) is 1.36. The Morgan fingerprint density at radius 3 is 1.36 bits per heavy atom. The van der Waals surface area contributed by atoms with Crippen LogP contribution in [0.15, 0.2) is 21.2 Å². The highest BCUT2D eigenvalue weighted by Crippen LogP contribution is 2.28. The van der Waals surface area contributed by atoms with E-state index in [0.29, 0.717) is 0 Å². The largest absolute Gasteiger partial charge is 0.298 e. The molecule has 0 unspecified atom stereocenters. The number of nitriles is 2. The summed E-state index contributed by atoms with van der Waals surface area (Å²) < 4.78 is 0. The summed E-state index contributed by atoms with van der Waals surface area (Å²) in [5.74, 6) is 0. The number of rotatable bonds is 0. The highest BCUT2D eigenvalue weighted by molar-refractivity contribution is 6.58. The summed E-state index contributed by atoms with van der Waals surface area (Å²) in [6.07, 6.45) is 0. The van der Waals surface area contributed by atoms with Crippen molar-refractivity contribution in [2.75, 3.05) is 0 Å². The number of nitrogens with one attached hydrogen (secondary N) is 2. The molecule has 68 valence electrons. The minimum Gasteiger partial charge on any atom is -0.298 e. The van der Waals surface area contributed by atoms with Crippen molar-refractivity contribution in [3.05, 3.63) is 21.2 Å². The van der Waals surface area contributed by atoms with Crippen LogP contribution in [0, 0.1) is 33.5 Å². The Hall–Kier alpha value is -1.62. The first-order valence-corrected chi connectivity index (χ1v) is 4.08. The molecule has 0 aromatic rings. The molecular formula is C8H2Cl2N4. The van der Waals surface area contributed by atoms with Crippen molar-refractivity contribution in [1.82, 2.24) is 0 Å². The summed E-state index contributed by atoms with van der Waals surface area (Å²) in [5, 5.41) is 31.7. The van der Waals surface area contributed by atoms with Crippen LogP contribution in [0.1, 0.15) is 0 Å². The first kappa shape index (κ1) is 10.5. The van der Waals surface area contributed by atoms with Gasteiger partial charge in [0.1, 0.15) is 12.1 Å². The lowest BCUT2D eigenvalue weighted by Gasteiger charge is -2.13. The van der Waals surface area contributed by atoms with Gasteiger partial charge in [-0.05, 0) is 0 Å². The van der Waals surface area contributed by atoms with Crippen molar-refractivity contribution in [3.8, 4) is 12.1 Å². The highest BCUT2D eigenvalue weighted by atomic mass is 35.5. The zero-order chi connectivity index (χ0) is 10.9. The van der Waals surface area contributed by atoms with Crippen molar-refractivity contribution in [2.45, 2.75) is 0 Å². The summed E-state index contributed by atoms with van der Waals surface area (Å²) >= 11 is 11.2. The van der Waals surface area contributed by atoms with Crippen LogP contribution in [0.3, 0.4) is 0 Å². The predicted molar refractivity (Wildman–Crippen MR) is 52.4 cm³/mol.